The summed E-state index contributed by atoms with van der Waals surface area (Å²) in [5.41, 5.74) is 9.18. The molecular weight excluding hydrogens is 336 g/mol. The van der Waals surface area contributed by atoms with Crippen LogP contribution in [-0.4, -0.2) is 11.8 Å². The molecule has 2 amide bonds. The molecule has 0 atom stereocenters. The standard InChI is InChI=1S/C18H16N4O2S/c1-11(23)21-14-5-2-12(3-6-14)17(24)22-16-7-4-13(10-15(16)19)18-20-8-9-25-18/h2-10H,19H2,1H3,(H,21,23)(H,22,24)/p+1. The topological polar surface area (TPSA) is 98.4 Å². The summed E-state index contributed by atoms with van der Waals surface area (Å²) in [4.78, 5) is 26.5. The number of nitrogens with one attached hydrogen (secondary N) is 3. The first kappa shape index (κ1) is 16.7. The fraction of sp³-hybridized carbons (Fsp3) is 0.0556. The van der Waals surface area contributed by atoms with Gasteiger partial charge >= 0.3 is 0 Å². The molecule has 0 fully saturated rings. The fourth-order valence-corrected chi connectivity index (χ4v) is 2.99. The van der Waals surface area contributed by atoms with E-state index in [1.807, 2.05) is 23.7 Å². The second-order valence-electron chi connectivity index (χ2n) is 5.41. The third-order valence-electron chi connectivity index (χ3n) is 3.50. The average Bonchev–Trinajstić information content (AvgIpc) is 3.11. The maximum atomic E-state index is 12.4. The highest BCUT2D eigenvalue weighted by Gasteiger charge is 2.12. The van der Waals surface area contributed by atoms with Crippen LogP contribution in [0.25, 0.3) is 10.6 Å². The van der Waals surface area contributed by atoms with E-state index in [4.69, 9.17) is 5.73 Å². The minimum Gasteiger partial charge on any atom is -0.397 e. The number of amides is 2. The van der Waals surface area contributed by atoms with Crippen LogP contribution < -0.4 is 21.4 Å². The summed E-state index contributed by atoms with van der Waals surface area (Å²) in [6, 6.07) is 12.1. The molecular formula is C18H17N4O2S+. The van der Waals surface area contributed by atoms with Crippen molar-refractivity contribution in [1.29, 1.82) is 0 Å². The van der Waals surface area contributed by atoms with Gasteiger partial charge in [0.15, 0.2) is 6.20 Å². The number of nitrogen functional groups attached to an aromatic ring is 1. The quantitative estimate of drug-likeness (QED) is 0.629. The van der Waals surface area contributed by atoms with E-state index < -0.39 is 0 Å². The molecule has 0 aliphatic carbocycles. The van der Waals surface area contributed by atoms with Crippen LogP contribution in [0.2, 0.25) is 0 Å². The number of nitrogens with two attached hydrogens (primary N) is 1. The molecule has 1 heterocycles. The summed E-state index contributed by atoms with van der Waals surface area (Å²) in [6.45, 7) is 1.43. The number of benzene rings is 2. The van der Waals surface area contributed by atoms with Gasteiger partial charge in [0.1, 0.15) is 0 Å². The highest BCUT2D eigenvalue weighted by Crippen LogP contribution is 2.27. The zero-order chi connectivity index (χ0) is 17.8. The molecule has 0 spiro atoms. The fourth-order valence-electron chi connectivity index (χ4n) is 2.32. The third-order valence-corrected chi connectivity index (χ3v) is 4.36. The normalized spacial score (nSPS) is 10.3. The summed E-state index contributed by atoms with van der Waals surface area (Å²) >= 11 is 1.58. The van der Waals surface area contributed by atoms with Crippen LogP contribution in [0.1, 0.15) is 17.3 Å². The number of carbonyl (C=O) groups is 2. The Hall–Kier alpha value is -3.19. The van der Waals surface area contributed by atoms with Crippen LogP contribution >= 0.6 is 11.3 Å². The van der Waals surface area contributed by atoms with E-state index >= 15 is 0 Å². The maximum absolute atomic E-state index is 12.4. The lowest BCUT2D eigenvalue weighted by Crippen LogP contribution is -2.13. The van der Waals surface area contributed by atoms with E-state index in [9.17, 15) is 9.59 Å². The van der Waals surface area contributed by atoms with Crippen molar-refractivity contribution in [3.8, 4) is 10.6 Å². The first-order chi connectivity index (χ1) is 12.0. The number of H-pyrrole nitrogens is 1. The second kappa shape index (κ2) is 7.14. The molecule has 3 aromatic rings. The van der Waals surface area contributed by atoms with E-state index in [1.165, 1.54) is 6.92 Å². The summed E-state index contributed by atoms with van der Waals surface area (Å²) in [6.07, 6.45) is 1.86. The maximum Gasteiger partial charge on any atom is 0.267 e. The van der Waals surface area contributed by atoms with E-state index in [0.717, 1.165) is 10.6 Å². The Balaban J connectivity index is 1.73. The molecule has 0 radical (unpaired) electrons. The predicted octanol–water partition coefficient (Wildman–Crippen LogP) is 3.02. The van der Waals surface area contributed by atoms with Crippen LogP contribution in [0.3, 0.4) is 0 Å². The van der Waals surface area contributed by atoms with Crippen molar-refractivity contribution in [2.75, 3.05) is 16.4 Å². The van der Waals surface area contributed by atoms with Crippen LogP contribution in [0.5, 0.6) is 0 Å². The van der Waals surface area contributed by atoms with Gasteiger partial charge in [0.05, 0.1) is 22.3 Å². The van der Waals surface area contributed by atoms with E-state index in [-0.39, 0.29) is 11.8 Å². The SMILES string of the molecule is CC(=O)Nc1ccc(C(=O)Nc2ccc(-c3[nH+]ccs3)cc2N)cc1. The Bertz CT molecular complexity index is 905. The van der Waals surface area contributed by atoms with Crippen LogP contribution in [0, 0.1) is 0 Å². The van der Waals surface area contributed by atoms with Crippen molar-refractivity contribution >= 4 is 40.2 Å². The average molecular weight is 353 g/mol. The van der Waals surface area contributed by atoms with Gasteiger partial charge in [-0.1, -0.05) is 11.3 Å². The van der Waals surface area contributed by atoms with Gasteiger partial charge in [-0.3, -0.25) is 9.59 Å². The van der Waals surface area contributed by atoms with Gasteiger partial charge in [-0.25, -0.2) is 4.98 Å². The summed E-state index contributed by atoms with van der Waals surface area (Å²) in [5, 5.41) is 8.41. The second-order valence-corrected chi connectivity index (χ2v) is 6.32. The number of aromatic nitrogens is 1. The van der Waals surface area contributed by atoms with Gasteiger partial charge in [0.25, 0.3) is 10.9 Å². The van der Waals surface area contributed by atoms with Crippen molar-refractivity contribution in [1.82, 2.24) is 0 Å². The van der Waals surface area contributed by atoms with E-state index in [2.05, 4.69) is 15.6 Å². The number of hydrogen-bond donors (Lipinski definition) is 3. The molecule has 0 saturated heterocycles. The zero-order valence-electron chi connectivity index (χ0n) is 13.5. The molecule has 0 aliphatic heterocycles. The lowest BCUT2D eigenvalue weighted by molar-refractivity contribution is -0.358. The highest BCUT2D eigenvalue weighted by molar-refractivity contribution is 7.12. The molecule has 5 N–H and O–H groups in total. The molecule has 1 aromatic heterocycles. The van der Waals surface area contributed by atoms with Crippen molar-refractivity contribution in [2.45, 2.75) is 6.92 Å². The van der Waals surface area contributed by atoms with Gasteiger partial charge in [-0.05, 0) is 42.5 Å². The summed E-state index contributed by atoms with van der Waals surface area (Å²) < 4.78 is 0. The number of rotatable bonds is 4. The van der Waals surface area contributed by atoms with Gasteiger partial charge in [0, 0.05) is 18.2 Å². The number of anilines is 3. The molecule has 2 aromatic carbocycles. The third kappa shape index (κ3) is 4.02. The first-order valence-corrected chi connectivity index (χ1v) is 8.45. The molecule has 0 unspecified atom stereocenters. The van der Waals surface area contributed by atoms with Crippen LogP contribution in [-0.2, 0) is 4.79 Å². The van der Waals surface area contributed by atoms with Crippen molar-refractivity contribution in [2.24, 2.45) is 0 Å². The van der Waals surface area contributed by atoms with Crippen LogP contribution in [0.4, 0.5) is 17.1 Å². The molecule has 0 bridgehead atoms. The lowest BCUT2D eigenvalue weighted by Gasteiger charge is -2.09. The molecule has 0 saturated carbocycles. The van der Waals surface area contributed by atoms with Crippen LogP contribution in [0.15, 0.2) is 54.0 Å². The Labute approximate surface area is 148 Å². The zero-order valence-corrected chi connectivity index (χ0v) is 14.3. The van der Waals surface area contributed by atoms with Gasteiger partial charge in [-0.2, -0.15) is 0 Å². The predicted molar refractivity (Wildman–Crippen MR) is 99.4 cm³/mol. The molecule has 6 nitrogen and oxygen atoms in total. The van der Waals surface area contributed by atoms with Gasteiger partial charge in [-0.15, -0.1) is 0 Å². The monoisotopic (exact) mass is 353 g/mol. The molecule has 126 valence electrons. The summed E-state index contributed by atoms with van der Waals surface area (Å²) in [5.74, 6) is -0.426. The minimum atomic E-state index is -0.267. The van der Waals surface area contributed by atoms with E-state index in [1.54, 1.807) is 41.7 Å². The van der Waals surface area contributed by atoms with Gasteiger partial charge < -0.3 is 16.4 Å². The van der Waals surface area contributed by atoms with Gasteiger partial charge in [0.2, 0.25) is 5.91 Å². The Kier molecular flexibility index (Phi) is 4.76. The highest BCUT2D eigenvalue weighted by atomic mass is 32.1. The Morgan fingerprint density at radius 1 is 1.08 bits per heavy atom. The Morgan fingerprint density at radius 3 is 2.44 bits per heavy atom. The number of hydrogen-bond acceptors (Lipinski definition) is 4. The van der Waals surface area contributed by atoms with Crippen molar-refractivity contribution < 1.29 is 14.6 Å². The molecule has 3 rings (SSSR count). The number of aromatic amines is 1. The van der Waals surface area contributed by atoms with Crippen molar-refractivity contribution in [3.63, 3.8) is 0 Å². The lowest BCUT2D eigenvalue weighted by atomic mass is 10.1. The summed E-state index contributed by atoms with van der Waals surface area (Å²) in [7, 11) is 0. The molecule has 0 aliphatic rings. The molecule has 7 heteroatoms. The first-order valence-electron chi connectivity index (χ1n) is 7.57. The van der Waals surface area contributed by atoms with Crippen molar-refractivity contribution in [3.05, 3.63) is 59.6 Å². The number of thiazole rings is 1. The Morgan fingerprint density at radius 2 is 1.84 bits per heavy atom. The molecule has 25 heavy (non-hydrogen) atoms. The smallest absolute Gasteiger partial charge is 0.267 e. The van der Waals surface area contributed by atoms with E-state index in [0.29, 0.717) is 22.6 Å². The minimum absolute atomic E-state index is 0.159. The number of carbonyl (C=O) groups excluding carboxylic acids is 2. The largest absolute Gasteiger partial charge is 0.397 e.